The molecule has 16 heavy (non-hydrogen) atoms. The van der Waals surface area contributed by atoms with E-state index in [4.69, 9.17) is 0 Å². The van der Waals surface area contributed by atoms with Gasteiger partial charge in [0.05, 0.1) is 0 Å². The van der Waals surface area contributed by atoms with E-state index in [-0.39, 0.29) is 0 Å². The van der Waals surface area contributed by atoms with Crippen LogP contribution in [0.25, 0.3) is 0 Å². The van der Waals surface area contributed by atoms with Gasteiger partial charge in [-0.2, -0.15) is 0 Å². The maximum Gasteiger partial charge on any atom is 0.126 e. The minimum absolute atomic E-state index is 0.561. The Kier molecular flexibility index (Phi) is 3.44. The highest BCUT2D eigenvalue weighted by molar-refractivity contribution is 5.36. The van der Waals surface area contributed by atoms with Crippen molar-refractivity contribution in [3.63, 3.8) is 0 Å². The quantitative estimate of drug-likeness (QED) is 0.826. The van der Waals surface area contributed by atoms with E-state index in [1.54, 1.807) is 0 Å². The van der Waals surface area contributed by atoms with Crippen LogP contribution in [-0.4, -0.2) is 36.1 Å². The maximum atomic E-state index is 4.40. The van der Waals surface area contributed by atoms with E-state index in [1.165, 1.54) is 25.1 Å². The second-order valence-electron chi connectivity index (χ2n) is 5.00. The van der Waals surface area contributed by atoms with Crippen molar-refractivity contribution < 1.29 is 0 Å². The summed E-state index contributed by atoms with van der Waals surface area (Å²) < 4.78 is 0. The van der Waals surface area contributed by atoms with Gasteiger partial charge >= 0.3 is 0 Å². The van der Waals surface area contributed by atoms with Crippen LogP contribution in [0, 0.1) is 12.8 Å². The molecule has 1 fully saturated rings. The molecule has 2 unspecified atom stereocenters. The van der Waals surface area contributed by atoms with Crippen LogP contribution in [0.4, 0.5) is 5.82 Å². The summed E-state index contributed by atoms with van der Waals surface area (Å²) in [5.41, 5.74) is 1.21. The number of likely N-dealkylation sites (tertiary alicyclic amines) is 1. The number of piperidine rings is 1. The summed E-state index contributed by atoms with van der Waals surface area (Å²) >= 11 is 0. The molecule has 0 aliphatic carbocycles. The third-order valence-electron chi connectivity index (χ3n) is 3.35. The predicted octanol–water partition coefficient (Wildman–Crippen LogP) is 2.14. The number of hydrogen-bond donors (Lipinski definition) is 1. The molecule has 1 N–H and O–H groups in total. The fourth-order valence-corrected chi connectivity index (χ4v) is 2.31. The fraction of sp³-hybridized carbons (Fsp3) is 0.615. The van der Waals surface area contributed by atoms with Crippen molar-refractivity contribution in [1.82, 2.24) is 9.88 Å². The Labute approximate surface area is 97.9 Å². The van der Waals surface area contributed by atoms with Crippen LogP contribution in [0.2, 0.25) is 0 Å². The zero-order valence-corrected chi connectivity index (χ0v) is 10.4. The highest BCUT2D eigenvalue weighted by atomic mass is 15.1. The number of hydrogen-bond acceptors (Lipinski definition) is 3. The number of aromatic nitrogens is 1. The van der Waals surface area contributed by atoms with Crippen molar-refractivity contribution in [2.45, 2.75) is 26.3 Å². The SMILES string of the molecule is Cc1ccc(NC2CCN(C)CC2C)nc1. The summed E-state index contributed by atoms with van der Waals surface area (Å²) in [6.07, 6.45) is 3.12. The summed E-state index contributed by atoms with van der Waals surface area (Å²) in [7, 11) is 2.19. The van der Waals surface area contributed by atoms with Crippen LogP contribution in [0.1, 0.15) is 18.9 Å². The van der Waals surface area contributed by atoms with E-state index in [0.717, 1.165) is 5.82 Å². The van der Waals surface area contributed by atoms with Crippen molar-refractivity contribution in [2.75, 3.05) is 25.5 Å². The lowest BCUT2D eigenvalue weighted by molar-refractivity contribution is 0.206. The molecule has 0 bridgehead atoms. The summed E-state index contributed by atoms with van der Waals surface area (Å²) in [5, 5.41) is 3.54. The molecule has 1 aliphatic heterocycles. The molecular weight excluding hydrogens is 198 g/mol. The number of nitrogens with one attached hydrogen (secondary N) is 1. The molecule has 0 spiro atoms. The van der Waals surface area contributed by atoms with E-state index < -0.39 is 0 Å². The molecule has 1 aliphatic rings. The number of aryl methyl sites for hydroxylation is 1. The van der Waals surface area contributed by atoms with Gasteiger partial charge in [-0.05, 0) is 44.5 Å². The van der Waals surface area contributed by atoms with Gasteiger partial charge < -0.3 is 10.2 Å². The summed E-state index contributed by atoms with van der Waals surface area (Å²) in [6.45, 7) is 6.72. The Morgan fingerprint density at radius 1 is 1.44 bits per heavy atom. The molecule has 1 aromatic rings. The van der Waals surface area contributed by atoms with Crippen LogP contribution in [0.5, 0.6) is 0 Å². The first-order chi connectivity index (χ1) is 7.65. The van der Waals surface area contributed by atoms with Gasteiger partial charge in [0.15, 0.2) is 0 Å². The van der Waals surface area contributed by atoms with Gasteiger partial charge in [-0.3, -0.25) is 0 Å². The Bertz CT molecular complexity index is 334. The molecule has 0 amide bonds. The van der Waals surface area contributed by atoms with Crippen molar-refractivity contribution in [2.24, 2.45) is 5.92 Å². The third kappa shape index (κ3) is 2.73. The first kappa shape index (κ1) is 11.4. The Balaban J connectivity index is 1.96. The highest BCUT2D eigenvalue weighted by Crippen LogP contribution is 2.19. The summed E-state index contributed by atoms with van der Waals surface area (Å²) in [6, 6.07) is 4.74. The zero-order chi connectivity index (χ0) is 11.5. The van der Waals surface area contributed by atoms with E-state index in [0.29, 0.717) is 12.0 Å². The van der Waals surface area contributed by atoms with Crippen molar-refractivity contribution in [1.29, 1.82) is 0 Å². The van der Waals surface area contributed by atoms with Crippen LogP contribution in [-0.2, 0) is 0 Å². The molecule has 88 valence electrons. The Hall–Kier alpha value is -1.09. The van der Waals surface area contributed by atoms with Gasteiger partial charge in [0.1, 0.15) is 5.82 Å². The largest absolute Gasteiger partial charge is 0.367 e. The Morgan fingerprint density at radius 3 is 2.88 bits per heavy atom. The first-order valence-corrected chi connectivity index (χ1v) is 6.03. The first-order valence-electron chi connectivity index (χ1n) is 6.03. The number of nitrogens with zero attached hydrogens (tertiary/aromatic N) is 2. The Morgan fingerprint density at radius 2 is 2.25 bits per heavy atom. The third-order valence-corrected chi connectivity index (χ3v) is 3.35. The lowest BCUT2D eigenvalue weighted by Crippen LogP contribution is -2.43. The van der Waals surface area contributed by atoms with Crippen LogP contribution in [0.3, 0.4) is 0 Å². The van der Waals surface area contributed by atoms with E-state index in [9.17, 15) is 0 Å². The monoisotopic (exact) mass is 219 g/mol. The molecule has 2 atom stereocenters. The topological polar surface area (TPSA) is 28.2 Å². The summed E-state index contributed by atoms with van der Waals surface area (Å²) in [5.74, 6) is 1.69. The minimum atomic E-state index is 0.561. The van der Waals surface area contributed by atoms with Gasteiger partial charge in [0, 0.05) is 18.8 Å². The fourth-order valence-electron chi connectivity index (χ4n) is 2.31. The molecular formula is C13H21N3. The van der Waals surface area contributed by atoms with Crippen LogP contribution < -0.4 is 5.32 Å². The van der Waals surface area contributed by atoms with Crippen LogP contribution >= 0.6 is 0 Å². The molecule has 2 rings (SSSR count). The molecule has 2 heterocycles. The smallest absolute Gasteiger partial charge is 0.126 e. The molecule has 0 radical (unpaired) electrons. The average molecular weight is 219 g/mol. The molecule has 3 nitrogen and oxygen atoms in total. The van der Waals surface area contributed by atoms with Gasteiger partial charge in [-0.1, -0.05) is 13.0 Å². The van der Waals surface area contributed by atoms with Crippen LogP contribution in [0.15, 0.2) is 18.3 Å². The van der Waals surface area contributed by atoms with Crippen molar-refractivity contribution in [3.05, 3.63) is 23.9 Å². The number of pyridine rings is 1. The van der Waals surface area contributed by atoms with Gasteiger partial charge in [-0.15, -0.1) is 0 Å². The number of rotatable bonds is 2. The molecule has 1 saturated heterocycles. The lowest BCUT2D eigenvalue weighted by atomic mass is 9.94. The predicted molar refractivity (Wildman–Crippen MR) is 67.7 cm³/mol. The summed E-state index contributed by atoms with van der Waals surface area (Å²) in [4.78, 5) is 6.80. The number of anilines is 1. The highest BCUT2D eigenvalue weighted by Gasteiger charge is 2.23. The van der Waals surface area contributed by atoms with E-state index >= 15 is 0 Å². The van der Waals surface area contributed by atoms with E-state index in [2.05, 4.69) is 48.2 Å². The van der Waals surface area contributed by atoms with E-state index in [1.807, 2.05) is 6.20 Å². The second kappa shape index (κ2) is 4.83. The zero-order valence-electron chi connectivity index (χ0n) is 10.4. The standard InChI is InChI=1S/C13H21N3/c1-10-4-5-13(14-8-10)15-12-6-7-16(3)9-11(12)2/h4-5,8,11-12H,6-7,9H2,1-3H3,(H,14,15). The molecule has 1 aromatic heterocycles. The lowest BCUT2D eigenvalue weighted by Gasteiger charge is -2.35. The van der Waals surface area contributed by atoms with Gasteiger partial charge in [0.2, 0.25) is 0 Å². The molecule has 0 aromatic carbocycles. The van der Waals surface area contributed by atoms with Crippen molar-refractivity contribution >= 4 is 5.82 Å². The van der Waals surface area contributed by atoms with Crippen molar-refractivity contribution in [3.8, 4) is 0 Å². The molecule has 3 heteroatoms. The molecule has 0 saturated carbocycles. The maximum absolute atomic E-state index is 4.40. The second-order valence-corrected chi connectivity index (χ2v) is 5.00. The normalized spacial score (nSPS) is 26.7. The minimum Gasteiger partial charge on any atom is -0.367 e. The van der Waals surface area contributed by atoms with Gasteiger partial charge in [0.25, 0.3) is 0 Å². The van der Waals surface area contributed by atoms with Gasteiger partial charge in [-0.25, -0.2) is 4.98 Å². The average Bonchev–Trinajstić information content (AvgIpc) is 2.25.